The summed E-state index contributed by atoms with van der Waals surface area (Å²) in [6.45, 7) is 8.02. The zero-order chi connectivity index (χ0) is 14.8. The summed E-state index contributed by atoms with van der Waals surface area (Å²) in [5, 5.41) is 9.67. The van der Waals surface area contributed by atoms with Crippen molar-refractivity contribution in [2.24, 2.45) is 5.92 Å². The van der Waals surface area contributed by atoms with E-state index in [1.807, 2.05) is 13.8 Å². The number of rotatable bonds is 5. The second-order valence-corrected chi connectivity index (χ2v) is 5.18. The number of hydrogen-bond donors (Lipinski definition) is 1. The van der Waals surface area contributed by atoms with Crippen molar-refractivity contribution in [1.29, 1.82) is 0 Å². The molecule has 6 heteroatoms. The largest absolute Gasteiger partial charge is 0.447 e. The third-order valence-corrected chi connectivity index (χ3v) is 3.33. The maximum atomic E-state index is 14.4. The molecule has 0 aromatic carbocycles. The average molecular weight is 273 g/mol. The minimum atomic E-state index is -2.55. The molecule has 1 saturated heterocycles. The molecule has 108 valence electrons. The highest BCUT2D eigenvalue weighted by Crippen LogP contribution is 2.28. The number of halogens is 1. The number of carbonyl (C=O) groups excluding carboxylic acids is 2. The van der Waals surface area contributed by atoms with Crippen LogP contribution in [-0.2, 0) is 9.53 Å². The molecule has 0 aromatic heterocycles. The van der Waals surface area contributed by atoms with Crippen molar-refractivity contribution < 1.29 is 23.8 Å². The fourth-order valence-corrected chi connectivity index (χ4v) is 1.92. The first-order valence-electron chi connectivity index (χ1n) is 6.21. The van der Waals surface area contributed by atoms with Gasteiger partial charge in [0.1, 0.15) is 12.7 Å². The minimum Gasteiger partial charge on any atom is -0.447 e. The van der Waals surface area contributed by atoms with Gasteiger partial charge in [-0.1, -0.05) is 19.9 Å². The van der Waals surface area contributed by atoms with Crippen molar-refractivity contribution in [3.8, 4) is 0 Å². The van der Waals surface area contributed by atoms with Gasteiger partial charge in [-0.25, -0.2) is 14.1 Å². The molecule has 19 heavy (non-hydrogen) atoms. The van der Waals surface area contributed by atoms with Gasteiger partial charge in [0.15, 0.2) is 0 Å². The maximum Gasteiger partial charge on any atom is 0.417 e. The number of aliphatic hydroxyl groups excluding tert-OH is 1. The molecule has 0 aliphatic carbocycles. The maximum absolute atomic E-state index is 14.4. The Balaban J connectivity index is 2.96. The van der Waals surface area contributed by atoms with Gasteiger partial charge >= 0.3 is 6.09 Å². The van der Waals surface area contributed by atoms with E-state index in [1.54, 1.807) is 0 Å². The van der Waals surface area contributed by atoms with Crippen molar-refractivity contribution in [2.45, 2.75) is 45.0 Å². The second-order valence-electron chi connectivity index (χ2n) is 5.18. The Morgan fingerprint density at radius 1 is 1.74 bits per heavy atom. The predicted octanol–water partition coefficient (Wildman–Crippen LogP) is 1.66. The summed E-state index contributed by atoms with van der Waals surface area (Å²) in [5.41, 5.74) is -2.55. The SMILES string of the molecule is C=CC[C@@H](O)[C@@](C)(F)C(=O)N1C(=O)OCC1C(C)C. The first-order valence-corrected chi connectivity index (χ1v) is 6.21. The number of hydrogen-bond acceptors (Lipinski definition) is 4. The molecule has 1 heterocycles. The second kappa shape index (κ2) is 5.69. The van der Waals surface area contributed by atoms with Gasteiger partial charge in [0.25, 0.3) is 5.91 Å². The molecule has 1 unspecified atom stereocenters. The smallest absolute Gasteiger partial charge is 0.417 e. The van der Waals surface area contributed by atoms with E-state index in [-0.39, 0.29) is 18.9 Å². The first kappa shape index (κ1) is 15.6. The molecule has 2 amide bonds. The van der Waals surface area contributed by atoms with Gasteiger partial charge in [0.2, 0.25) is 5.67 Å². The zero-order valence-electron chi connectivity index (χ0n) is 11.4. The van der Waals surface area contributed by atoms with Gasteiger partial charge in [0, 0.05) is 0 Å². The molecular formula is C13H20FNO4. The van der Waals surface area contributed by atoms with Crippen LogP contribution in [0.4, 0.5) is 9.18 Å². The number of carbonyl (C=O) groups is 2. The van der Waals surface area contributed by atoms with Gasteiger partial charge in [0.05, 0.1) is 6.04 Å². The molecule has 0 saturated carbocycles. The van der Waals surface area contributed by atoms with E-state index in [1.165, 1.54) is 6.08 Å². The highest BCUT2D eigenvalue weighted by Gasteiger charge is 2.50. The van der Waals surface area contributed by atoms with E-state index in [4.69, 9.17) is 4.74 Å². The highest BCUT2D eigenvalue weighted by atomic mass is 19.1. The Morgan fingerprint density at radius 2 is 2.32 bits per heavy atom. The summed E-state index contributed by atoms with van der Waals surface area (Å²) < 4.78 is 19.2. The van der Waals surface area contributed by atoms with Gasteiger partial charge in [-0.05, 0) is 19.3 Å². The normalized spacial score (nSPS) is 24.0. The Morgan fingerprint density at radius 3 is 2.79 bits per heavy atom. The molecule has 0 aromatic rings. The first-order chi connectivity index (χ1) is 8.73. The summed E-state index contributed by atoms with van der Waals surface area (Å²) in [6, 6.07) is -0.508. The molecule has 3 atom stereocenters. The minimum absolute atomic E-state index is 0.0515. The zero-order valence-corrected chi connectivity index (χ0v) is 11.4. The summed E-state index contributed by atoms with van der Waals surface area (Å²) in [5.74, 6) is -1.12. The lowest BCUT2D eigenvalue weighted by molar-refractivity contribution is -0.148. The van der Waals surface area contributed by atoms with Gasteiger partial charge in [-0.3, -0.25) is 4.79 Å². The summed E-state index contributed by atoms with van der Waals surface area (Å²) >= 11 is 0. The molecule has 5 nitrogen and oxygen atoms in total. The van der Waals surface area contributed by atoms with E-state index >= 15 is 0 Å². The van der Waals surface area contributed by atoms with Gasteiger partial charge in [-0.2, -0.15) is 0 Å². The Labute approximate surface area is 112 Å². The van der Waals surface area contributed by atoms with Crippen molar-refractivity contribution >= 4 is 12.0 Å². The van der Waals surface area contributed by atoms with Gasteiger partial charge in [-0.15, -0.1) is 6.58 Å². The van der Waals surface area contributed by atoms with Crippen LogP contribution >= 0.6 is 0 Å². The van der Waals surface area contributed by atoms with E-state index in [0.717, 1.165) is 11.8 Å². The summed E-state index contributed by atoms with van der Waals surface area (Å²) in [4.78, 5) is 24.5. The third kappa shape index (κ3) is 2.94. The fourth-order valence-electron chi connectivity index (χ4n) is 1.92. The quantitative estimate of drug-likeness (QED) is 0.773. The van der Waals surface area contributed by atoms with Gasteiger partial charge < -0.3 is 9.84 Å². The number of imide groups is 1. The fraction of sp³-hybridized carbons (Fsp3) is 0.692. The van der Waals surface area contributed by atoms with Crippen LogP contribution < -0.4 is 0 Å². The number of nitrogens with zero attached hydrogens (tertiary/aromatic N) is 1. The van der Waals surface area contributed by atoms with Crippen LogP contribution in [-0.4, -0.2) is 46.4 Å². The van der Waals surface area contributed by atoms with Crippen molar-refractivity contribution in [2.75, 3.05) is 6.61 Å². The lowest BCUT2D eigenvalue weighted by Gasteiger charge is -2.31. The number of ether oxygens (including phenoxy) is 1. The van der Waals surface area contributed by atoms with Crippen LogP contribution in [0.3, 0.4) is 0 Å². The van der Waals surface area contributed by atoms with Crippen LogP contribution in [0, 0.1) is 5.92 Å². The van der Waals surface area contributed by atoms with Crippen molar-refractivity contribution in [3.63, 3.8) is 0 Å². The molecule has 1 N–H and O–H groups in total. The topological polar surface area (TPSA) is 66.8 Å². The highest BCUT2D eigenvalue weighted by molar-refractivity contribution is 5.98. The van der Waals surface area contributed by atoms with E-state index in [9.17, 15) is 19.1 Å². The molecule has 1 aliphatic heterocycles. The van der Waals surface area contributed by atoms with Crippen LogP contribution in [0.15, 0.2) is 12.7 Å². The van der Waals surface area contributed by atoms with E-state index < -0.39 is 29.8 Å². The molecule has 1 fully saturated rings. The van der Waals surface area contributed by atoms with Crippen LogP contribution in [0.2, 0.25) is 0 Å². The third-order valence-electron chi connectivity index (χ3n) is 3.33. The Bertz CT molecular complexity index is 381. The predicted molar refractivity (Wildman–Crippen MR) is 67.2 cm³/mol. The number of cyclic esters (lactones) is 1. The van der Waals surface area contributed by atoms with Crippen molar-refractivity contribution in [1.82, 2.24) is 4.90 Å². The van der Waals surface area contributed by atoms with Crippen LogP contribution in [0.1, 0.15) is 27.2 Å². The molecule has 0 radical (unpaired) electrons. The number of aliphatic hydroxyl groups is 1. The lowest BCUT2D eigenvalue weighted by atomic mass is 9.95. The molecule has 1 rings (SSSR count). The summed E-state index contributed by atoms with van der Waals surface area (Å²) in [6.07, 6.45) is -1.16. The molecule has 0 bridgehead atoms. The monoisotopic (exact) mass is 273 g/mol. The van der Waals surface area contributed by atoms with Crippen molar-refractivity contribution in [3.05, 3.63) is 12.7 Å². The van der Waals surface area contributed by atoms with E-state index in [2.05, 4.69) is 6.58 Å². The van der Waals surface area contributed by atoms with E-state index in [0.29, 0.717) is 0 Å². The van der Waals surface area contributed by atoms with Crippen LogP contribution in [0.5, 0.6) is 0 Å². The lowest BCUT2D eigenvalue weighted by Crippen LogP contribution is -2.54. The number of amides is 2. The Kier molecular flexibility index (Phi) is 4.68. The standard InChI is InChI=1S/C13H20FNO4/c1-5-6-10(16)13(4,14)11(17)15-9(8(2)3)7-19-12(15)18/h5,8-10,16H,1,6-7H2,2-4H3/t9?,10-,13-/m1/s1. The molecular weight excluding hydrogens is 253 g/mol. The number of alkyl halides is 1. The van der Waals surface area contributed by atoms with Crippen LogP contribution in [0.25, 0.3) is 0 Å². The average Bonchev–Trinajstić information content (AvgIpc) is 2.70. The summed E-state index contributed by atoms with van der Waals surface area (Å²) in [7, 11) is 0. The molecule has 1 aliphatic rings. The molecule has 0 spiro atoms. The Hall–Kier alpha value is -1.43.